The highest BCUT2D eigenvalue weighted by atomic mass is 32.1. The second-order valence-corrected chi connectivity index (χ2v) is 6.64. The van der Waals surface area contributed by atoms with E-state index in [-0.39, 0.29) is 18.2 Å². The topological polar surface area (TPSA) is 76.0 Å². The summed E-state index contributed by atoms with van der Waals surface area (Å²) < 4.78 is 2.07. The van der Waals surface area contributed by atoms with Crippen LogP contribution in [0.15, 0.2) is 17.5 Å². The van der Waals surface area contributed by atoms with E-state index in [0.29, 0.717) is 13.0 Å². The molecular weight excluding hydrogens is 312 g/mol. The molecule has 1 aliphatic rings. The molecule has 0 saturated carbocycles. The fourth-order valence-electron chi connectivity index (χ4n) is 2.77. The molecule has 0 spiro atoms. The lowest BCUT2D eigenvalue weighted by molar-refractivity contribution is -0.129. The maximum Gasteiger partial charge on any atom is 0.242 e. The number of aromatic nitrogens is 2. The molecule has 122 valence electrons. The lowest BCUT2D eigenvalue weighted by atomic mass is 10.1. The monoisotopic (exact) mass is 332 g/mol. The van der Waals surface area contributed by atoms with Crippen molar-refractivity contribution in [1.82, 2.24) is 20.2 Å². The van der Waals surface area contributed by atoms with Crippen molar-refractivity contribution in [2.45, 2.75) is 39.2 Å². The first kappa shape index (κ1) is 15.7. The molecule has 1 aliphatic heterocycles. The van der Waals surface area contributed by atoms with Gasteiger partial charge in [-0.05, 0) is 38.8 Å². The quantitative estimate of drug-likeness (QED) is 0.890. The van der Waals surface area contributed by atoms with Crippen molar-refractivity contribution >= 4 is 23.2 Å². The molecule has 2 aromatic rings. The highest BCUT2D eigenvalue weighted by Crippen LogP contribution is 2.20. The van der Waals surface area contributed by atoms with Crippen molar-refractivity contribution in [2.75, 3.05) is 6.54 Å². The Kier molecular flexibility index (Phi) is 4.47. The Morgan fingerprint density at radius 1 is 1.43 bits per heavy atom. The Bertz CT molecular complexity index is 715. The summed E-state index contributed by atoms with van der Waals surface area (Å²) in [6, 6.07) is 3.68. The predicted molar refractivity (Wildman–Crippen MR) is 88.8 cm³/mol. The van der Waals surface area contributed by atoms with Crippen molar-refractivity contribution < 1.29 is 9.59 Å². The molecule has 0 bridgehead atoms. The van der Waals surface area contributed by atoms with Gasteiger partial charge < -0.3 is 10.6 Å². The van der Waals surface area contributed by atoms with E-state index in [0.717, 1.165) is 28.6 Å². The number of rotatable bonds is 4. The molecule has 3 heterocycles. The minimum absolute atomic E-state index is 0.0952. The van der Waals surface area contributed by atoms with Gasteiger partial charge >= 0.3 is 0 Å². The summed E-state index contributed by atoms with van der Waals surface area (Å²) in [5, 5.41) is 8.32. The molecule has 0 aliphatic carbocycles. The van der Waals surface area contributed by atoms with Gasteiger partial charge in [-0.15, -0.1) is 11.3 Å². The molecule has 0 aromatic carbocycles. The highest BCUT2D eigenvalue weighted by Gasteiger charge is 2.23. The number of aryl methyl sites for hydroxylation is 2. The Balaban J connectivity index is 1.65. The molecule has 1 fully saturated rings. The van der Waals surface area contributed by atoms with Crippen LogP contribution in [-0.2, 0) is 16.0 Å². The van der Waals surface area contributed by atoms with Crippen molar-refractivity contribution in [1.29, 1.82) is 0 Å². The summed E-state index contributed by atoms with van der Waals surface area (Å²) in [6.07, 6.45) is 1.78. The van der Waals surface area contributed by atoms with Gasteiger partial charge in [0.25, 0.3) is 0 Å². The van der Waals surface area contributed by atoms with Gasteiger partial charge in [0.15, 0.2) is 5.13 Å². The fourth-order valence-corrected chi connectivity index (χ4v) is 3.71. The van der Waals surface area contributed by atoms with Gasteiger partial charge in [-0.3, -0.25) is 14.2 Å². The Morgan fingerprint density at radius 2 is 2.17 bits per heavy atom. The lowest BCUT2D eigenvalue weighted by Crippen LogP contribution is -2.50. The van der Waals surface area contributed by atoms with Crippen LogP contribution in [0.4, 0.5) is 0 Å². The van der Waals surface area contributed by atoms with E-state index in [1.807, 2.05) is 31.4 Å². The average Bonchev–Trinajstić information content (AvgIpc) is 3.08. The number of piperidine rings is 1. The van der Waals surface area contributed by atoms with E-state index in [9.17, 15) is 9.59 Å². The molecule has 6 nitrogen and oxygen atoms in total. The van der Waals surface area contributed by atoms with Gasteiger partial charge in [0.1, 0.15) is 6.04 Å². The van der Waals surface area contributed by atoms with E-state index < -0.39 is 6.04 Å². The summed E-state index contributed by atoms with van der Waals surface area (Å²) in [6.45, 7) is 4.75. The van der Waals surface area contributed by atoms with Crippen LogP contribution in [0.1, 0.15) is 29.9 Å². The Labute approximate surface area is 138 Å². The van der Waals surface area contributed by atoms with Crippen LogP contribution in [0.25, 0.3) is 5.13 Å². The van der Waals surface area contributed by atoms with Crippen LogP contribution in [0.5, 0.6) is 0 Å². The molecule has 1 unspecified atom stereocenters. The van der Waals surface area contributed by atoms with Crippen LogP contribution in [-0.4, -0.2) is 34.0 Å². The number of amides is 2. The third-order valence-corrected chi connectivity index (χ3v) is 4.84. The number of thiazole rings is 1. The van der Waals surface area contributed by atoms with Gasteiger partial charge in [0.05, 0.1) is 12.1 Å². The molecule has 1 atom stereocenters. The van der Waals surface area contributed by atoms with Gasteiger partial charge in [-0.1, -0.05) is 0 Å². The second-order valence-electron chi connectivity index (χ2n) is 5.80. The summed E-state index contributed by atoms with van der Waals surface area (Å²) in [5.41, 5.74) is 2.96. The first-order chi connectivity index (χ1) is 11.0. The van der Waals surface area contributed by atoms with Crippen LogP contribution < -0.4 is 10.6 Å². The summed E-state index contributed by atoms with van der Waals surface area (Å²) >= 11 is 1.52. The number of nitrogens with one attached hydrogen (secondary N) is 2. The summed E-state index contributed by atoms with van der Waals surface area (Å²) in [5.74, 6) is -0.257. The van der Waals surface area contributed by atoms with Gasteiger partial charge in [-0.2, -0.15) is 0 Å². The Hall–Kier alpha value is -2.15. The fraction of sp³-hybridized carbons (Fsp3) is 0.438. The zero-order chi connectivity index (χ0) is 16.4. The summed E-state index contributed by atoms with van der Waals surface area (Å²) in [4.78, 5) is 28.3. The molecule has 23 heavy (non-hydrogen) atoms. The first-order valence-corrected chi connectivity index (χ1v) is 8.59. The minimum Gasteiger partial charge on any atom is -0.354 e. The van der Waals surface area contributed by atoms with Gasteiger partial charge in [0.2, 0.25) is 11.8 Å². The van der Waals surface area contributed by atoms with Crippen molar-refractivity contribution in [3.63, 3.8) is 0 Å². The largest absolute Gasteiger partial charge is 0.354 e. The number of hydrogen-bond donors (Lipinski definition) is 2. The van der Waals surface area contributed by atoms with Gasteiger partial charge in [0, 0.05) is 23.3 Å². The lowest BCUT2D eigenvalue weighted by Gasteiger charge is -2.22. The van der Waals surface area contributed by atoms with Gasteiger partial charge in [-0.25, -0.2) is 4.98 Å². The minimum atomic E-state index is -0.414. The second kappa shape index (κ2) is 6.54. The van der Waals surface area contributed by atoms with Crippen LogP contribution in [0, 0.1) is 13.8 Å². The number of hydrogen-bond acceptors (Lipinski definition) is 4. The smallest absolute Gasteiger partial charge is 0.242 e. The number of carbonyl (C=O) groups is 2. The van der Waals surface area contributed by atoms with E-state index >= 15 is 0 Å². The molecule has 2 N–H and O–H groups in total. The van der Waals surface area contributed by atoms with Crippen molar-refractivity contribution in [3.05, 3.63) is 34.6 Å². The highest BCUT2D eigenvalue weighted by molar-refractivity contribution is 7.12. The van der Waals surface area contributed by atoms with E-state index in [1.54, 1.807) is 0 Å². The molecule has 0 radical (unpaired) electrons. The molecular formula is C16H20N4O2S. The SMILES string of the molecule is Cc1ccc(C)n1-c1nc(CC(=O)NC2CCCNC2=O)cs1. The number of nitrogens with zero attached hydrogens (tertiary/aromatic N) is 2. The van der Waals surface area contributed by atoms with Crippen molar-refractivity contribution in [3.8, 4) is 5.13 Å². The van der Waals surface area contributed by atoms with Crippen molar-refractivity contribution in [2.24, 2.45) is 0 Å². The normalized spacial score (nSPS) is 17.8. The van der Waals surface area contributed by atoms with Crippen LogP contribution in [0.3, 0.4) is 0 Å². The van der Waals surface area contributed by atoms with Crippen LogP contribution in [0.2, 0.25) is 0 Å². The van der Waals surface area contributed by atoms with E-state index in [4.69, 9.17) is 0 Å². The first-order valence-electron chi connectivity index (χ1n) is 7.71. The molecule has 2 aromatic heterocycles. The maximum atomic E-state index is 12.1. The predicted octanol–water partition coefficient (Wildman–Crippen LogP) is 1.49. The zero-order valence-corrected chi connectivity index (χ0v) is 14.1. The third kappa shape index (κ3) is 3.44. The average molecular weight is 332 g/mol. The molecule has 7 heteroatoms. The maximum absolute atomic E-state index is 12.1. The van der Waals surface area contributed by atoms with E-state index in [1.165, 1.54) is 11.3 Å². The standard InChI is InChI=1S/C16H20N4O2S/c1-10-5-6-11(2)20(10)16-18-12(9-23-16)8-14(21)19-13-4-3-7-17-15(13)22/h5-6,9,13H,3-4,7-8H2,1-2H3,(H,17,22)(H,19,21). The van der Waals surface area contributed by atoms with E-state index in [2.05, 4.69) is 20.2 Å². The third-order valence-electron chi connectivity index (χ3n) is 3.96. The Morgan fingerprint density at radius 3 is 2.87 bits per heavy atom. The zero-order valence-electron chi connectivity index (χ0n) is 13.3. The molecule has 1 saturated heterocycles. The van der Waals surface area contributed by atoms with Crippen LogP contribution >= 0.6 is 11.3 Å². The summed E-state index contributed by atoms with van der Waals surface area (Å²) in [7, 11) is 0. The number of carbonyl (C=O) groups excluding carboxylic acids is 2. The molecule has 3 rings (SSSR count). The molecule has 2 amide bonds.